The van der Waals surface area contributed by atoms with Crippen molar-refractivity contribution in [3.63, 3.8) is 0 Å². The van der Waals surface area contributed by atoms with Crippen LogP contribution in [-0.4, -0.2) is 27.2 Å². The van der Waals surface area contributed by atoms with Crippen molar-refractivity contribution in [1.29, 1.82) is 0 Å². The van der Waals surface area contributed by atoms with Gasteiger partial charge in [-0.1, -0.05) is 6.07 Å². The molecule has 0 amide bonds. The minimum Gasteiger partial charge on any atom is -0.378 e. The smallest absolute Gasteiger partial charge is 0.158 e. The summed E-state index contributed by atoms with van der Waals surface area (Å²) in [6.07, 6.45) is 6.72. The zero-order valence-electron chi connectivity index (χ0n) is 11.0. The number of imidazole rings is 1. The molecule has 0 aromatic carbocycles. The van der Waals surface area contributed by atoms with Crippen LogP contribution in [0.15, 0.2) is 30.6 Å². The fourth-order valence-corrected chi connectivity index (χ4v) is 3.33. The fraction of sp³-hybridized carbons (Fsp3) is 0.467. The van der Waals surface area contributed by atoms with E-state index in [4.69, 9.17) is 4.74 Å². The highest BCUT2D eigenvalue weighted by Crippen LogP contribution is 2.47. The van der Waals surface area contributed by atoms with Gasteiger partial charge in [-0.05, 0) is 31.9 Å². The molecule has 0 spiro atoms. The van der Waals surface area contributed by atoms with Gasteiger partial charge in [0.05, 0.1) is 6.10 Å². The summed E-state index contributed by atoms with van der Waals surface area (Å²) in [6, 6.07) is 6.62. The topological polar surface area (TPSA) is 39.9 Å². The molecule has 1 saturated heterocycles. The van der Waals surface area contributed by atoms with E-state index in [2.05, 4.69) is 20.7 Å². The van der Waals surface area contributed by atoms with E-state index in [1.165, 1.54) is 6.42 Å². The molecule has 0 unspecified atom stereocenters. The highest BCUT2D eigenvalue weighted by Gasteiger charge is 2.46. The van der Waals surface area contributed by atoms with Gasteiger partial charge in [0.1, 0.15) is 5.69 Å². The van der Waals surface area contributed by atoms with Gasteiger partial charge in [-0.3, -0.25) is 0 Å². The molecule has 1 aliphatic heterocycles. The second kappa shape index (κ2) is 4.17. The molecule has 2 aromatic rings. The predicted octanol–water partition coefficient (Wildman–Crippen LogP) is 2.60. The van der Waals surface area contributed by atoms with Gasteiger partial charge in [0, 0.05) is 36.7 Å². The zero-order chi connectivity index (χ0) is 12.8. The van der Waals surface area contributed by atoms with Gasteiger partial charge in [-0.2, -0.15) is 0 Å². The summed E-state index contributed by atoms with van der Waals surface area (Å²) in [6.45, 7) is 2.93. The third-order valence-corrected chi connectivity index (χ3v) is 4.37. The Kier molecular flexibility index (Phi) is 2.45. The standard InChI is InChI=1S/C15H17N3O/c1-10-3-2-4-12(17-10)15-16-6-7-18(15)13-9-14-11(13)5-8-19-14/h2-4,6-7,11,13-14H,5,8-9H2,1H3/t11-,13+,14+/m0/s1. The van der Waals surface area contributed by atoms with Gasteiger partial charge < -0.3 is 9.30 Å². The van der Waals surface area contributed by atoms with Crippen LogP contribution < -0.4 is 0 Å². The molecule has 0 radical (unpaired) electrons. The molecule has 1 saturated carbocycles. The molecular weight excluding hydrogens is 238 g/mol. The number of rotatable bonds is 2. The lowest BCUT2D eigenvalue weighted by atomic mass is 9.76. The molecule has 4 heteroatoms. The van der Waals surface area contributed by atoms with Crippen LogP contribution in [-0.2, 0) is 4.74 Å². The molecule has 2 aliphatic rings. The van der Waals surface area contributed by atoms with Crippen molar-refractivity contribution in [1.82, 2.24) is 14.5 Å². The Balaban J connectivity index is 1.70. The summed E-state index contributed by atoms with van der Waals surface area (Å²) in [7, 11) is 0. The van der Waals surface area contributed by atoms with Crippen molar-refractivity contribution in [2.75, 3.05) is 6.61 Å². The molecule has 4 nitrogen and oxygen atoms in total. The molecule has 0 N–H and O–H groups in total. The highest BCUT2D eigenvalue weighted by molar-refractivity contribution is 5.50. The first-order valence-electron chi connectivity index (χ1n) is 6.91. The van der Waals surface area contributed by atoms with Crippen LogP contribution in [0, 0.1) is 12.8 Å². The molecule has 4 rings (SSSR count). The summed E-state index contributed by atoms with van der Waals surface area (Å²) < 4.78 is 7.98. The van der Waals surface area contributed by atoms with E-state index in [1.807, 2.05) is 31.3 Å². The lowest BCUT2D eigenvalue weighted by Crippen LogP contribution is -2.39. The lowest BCUT2D eigenvalue weighted by Gasteiger charge is -2.40. The maximum absolute atomic E-state index is 5.70. The predicted molar refractivity (Wildman–Crippen MR) is 71.7 cm³/mol. The Labute approximate surface area is 112 Å². The van der Waals surface area contributed by atoms with Gasteiger partial charge in [0.25, 0.3) is 0 Å². The van der Waals surface area contributed by atoms with Crippen molar-refractivity contribution in [3.8, 4) is 11.5 Å². The van der Waals surface area contributed by atoms with Crippen LogP contribution in [0.3, 0.4) is 0 Å². The molecule has 19 heavy (non-hydrogen) atoms. The van der Waals surface area contributed by atoms with Gasteiger partial charge in [0.15, 0.2) is 5.82 Å². The van der Waals surface area contributed by atoms with E-state index < -0.39 is 0 Å². The van der Waals surface area contributed by atoms with Crippen molar-refractivity contribution >= 4 is 0 Å². The summed E-state index contributed by atoms with van der Waals surface area (Å²) in [4.78, 5) is 9.09. The third-order valence-electron chi connectivity index (χ3n) is 4.37. The van der Waals surface area contributed by atoms with Crippen molar-refractivity contribution in [2.45, 2.75) is 31.9 Å². The minimum atomic E-state index is 0.478. The first-order valence-corrected chi connectivity index (χ1v) is 6.91. The molecule has 2 fully saturated rings. The largest absolute Gasteiger partial charge is 0.378 e. The Morgan fingerprint density at radius 3 is 3.16 bits per heavy atom. The molecule has 2 aromatic heterocycles. The quantitative estimate of drug-likeness (QED) is 0.828. The van der Waals surface area contributed by atoms with Gasteiger partial charge in [0.2, 0.25) is 0 Å². The molecule has 1 aliphatic carbocycles. The molecular formula is C15H17N3O. The van der Waals surface area contributed by atoms with Crippen molar-refractivity contribution in [3.05, 3.63) is 36.3 Å². The average Bonchev–Trinajstić information content (AvgIpc) is 2.98. The minimum absolute atomic E-state index is 0.478. The van der Waals surface area contributed by atoms with Crippen LogP contribution in [0.2, 0.25) is 0 Å². The number of nitrogens with zero attached hydrogens (tertiary/aromatic N) is 3. The van der Waals surface area contributed by atoms with Crippen LogP contribution >= 0.6 is 0 Å². The molecule has 3 atom stereocenters. The average molecular weight is 255 g/mol. The first-order chi connectivity index (χ1) is 9.33. The zero-order valence-corrected chi connectivity index (χ0v) is 11.0. The normalized spacial score (nSPS) is 29.0. The summed E-state index contributed by atoms with van der Waals surface area (Å²) in [5, 5.41) is 0. The Morgan fingerprint density at radius 1 is 1.37 bits per heavy atom. The third kappa shape index (κ3) is 1.70. The number of hydrogen-bond acceptors (Lipinski definition) is 3. The van der Waals surface area contributed by atoms with Gasteiger partial charge in [-0.25, -0.2) is 9.97 Å². The summed E-state index contributed by atoms with van der Waals surface area (Å²) in [5.74, 6) is 1.65. The van der Waals surface area contributed by atoms with E-state index in [1.54, 1.807) is 0 Å². The lowest BCUT2D eigenvalue weighted by molar-refractivity contribution is -0.00520. The Bertz CT molecular complexity index is 607. The highest BCUT2D eigenvalue weighted by atomic mass is 16.5. The first kappa shape index (κ1) is 11.2. The van der Waals surface area contributed by atoms with E-state index in [-0.39, 0.29) is 0 Å². The number of hydrogen-bond donors (Lipinski definition) is 0. The van der Waals surface area contributed by atoms with E-state index in [0.29, 0.717) is 18.1 Å². The summed E-state index contributed by atoms with van der Waals surface area (Å²) in [5.41, 5.74) is 2.00. The van der Waals surface area contributed by atoms with E-state index in [9.17, 15) is 0 Å². The van der Waals surface area contributed by atoms with Gasteiger partial charge in [-0.15, -0.1) is 0 Å². The van der Waals surface area contributed by atoms with Crippen molar-refractivity contribution in [2.24, 2.45) is 5.92 Å². The van der Waals surface area contributed by atoms with Crippen LogP contribution in [0.1, 0.15) is 24.6 Å². The number of fused-ring (bicyclic) bond motifs is 1. The van der Waals surface area contributed by atoms with Crippen LogP contribution in [0.4, 0.5) is 0 Å². The van der Waals surface area contributed by atoms with Crippen LogP contribution in [0.25, 0.3) is 11.5 Å². The van der Waals surface area contributed by atoms with Gasteiger partial charge >= 0.3 is 0 Å². The van der Waals surface area contributed by atoms with E-state index in [0.717, 1.165) is 30.2 Å². The number of pyridine rings is 1. The second-order valence-corrected chi connectivity index (χ2v) is 5.49. The summed E-state index contributed by atoms with van der Waals surface area (Å²) >= 11 is 0. The second-order valence-electron chi connectivity index (χ2n) is 5.49. The van der Waals surface area contributed by atoms with Crippen molar-refractivity contribution < 1.29 is 4.74 Å². The molecule has 0 bridgehead atoms. The number of aryl methyl sites for hydroxylation is 1. The van der Waals surface area contributed by atoms with E-state index >= 15 is 0 Å². The Morgan fingerprint density at radius 2 is 2.32 bits per heavy atom. The molecule has 98 valence electrons. The maximum atomic E-state index is 5.70. The number of aromatic nitrogens is 3. The van der Waals surface area contributed by atoms with Crippen LogP contribution in [0.5, 0.6) is 0 Å². The SMILES string of the molecule is Cc1cccc(-c2nccn2[C@@H]2C[C@H]3OCC[C@@H]23)n1. The number of ether oxygens (including phenoxy) is 1. The Hall–Kier alpha value is -1.68. The monoisotopic (exact) mass is 255 g/mol. The fourth-order valence-electron chi connectivity index (χ4n) is 3.33. The molecule has 3 heterocycles. The maximum Gasteiger partial charge on any atom is 0.158 e.